The predicted octanol–water partition coefficient (Wildman–Crippen LogP) is 23.7. The second kappa shape index (κ2) is 30.8. The van der Waals surface area contributed by atoms with Crippen molar-refractivity contribution in [3.8, 4) is 0 Å². The van der Waals surface area contributed by atoms with Gasteiger partial charge >= 0.3 is 0 Å². The Labute approximate surface area is 655 Å². The molecule has 8 aromatic heterocycles. The van der Waals surface area contributed by atoms with Crippen LogP contribution in [-0.4, -0.2) is 56.0 Å². The molecule has 0 amide bonds. The summed E-state index contributed by atoms with van der Waals surface area (Å²) in [6.45, 7) is 29.4. The SMILES string of the molecule is CCC(C)(C1=NC=C(C2CCCCCCCC2)C2NNNC12)c1ccc(C(C)(C)c2cc3c(s2)c2cc(C(C)(CC)c4ccc(C(C)(CC)c5cnc(C6CCCCCCCC6)c6n[nH]nc56)s4)sc2c2cc(C(C)(CC)c4ccc(C(C)(C)C5=CN=C(C6CCCCCCCC6)C6NNNC56)s4)sc32)s1. The summed E-state index contributed by atoms with van der Waals surface area (Å²) in [5.74, 6) is 1.52. The highest BCUT2D eigenvalue weighted by atomic mass is 32.1. The Morgan fingerprint density at radius 3 is 1.33 bits per heavy atom. The molecule has 0 bridgehead atoms. The van der Waals surface area contributed by atoms with E-state index in [-0.39, 0.29) is 56.7 Å². The van der Waals surface area contributed by atoms with E-state index in [0.29, 0.717) is 17.8 Å². The topological polar surface area (TPSA) is 151 Å². The van der Waals surface area contributed by atoms with Gasteiger partial charge in [-0.3, -0.25) is 15.0 Å². The normalized spacial score (nSPS) is 24.4. The van der Waals surface area contributed by atoms with Gasteiger partial charge in [0, 0.05) is 148 Å². The summed E-state index contributed by atoms with van der Waals surface area (Å²) in [7, 11) is 0. The molecule has 12 nitrogen and oxygen atoms in total. The van der Waals surface area contributed by atoms with E-state index in [9.17, 15) is 0 Å². The highest BCUT2D eigenvalue weighted by Gasteiger charge is 2.49. The zero-order valence-electron chi connectivity index (χ0n) is 65.5. The number of aliphatic imine (C=N–C) groups is 2. The third-order valence-electron chi connectivity index (χ3n) is 27.9. The standard InChI is InChI=1S/C88H118N12S6/c1-13-85(9,61-52-90-72(77-75(61)94-100-96-77)55-39-33-27-21-22-28-34-40-55)64-45-46-66(103-64)87(11,15-3)70-48-57-79-56(47-68(104-79)84(7,8)63-42-44-67(102-63)88(12,16-4)82-78-73(92-98-97-78)59(50-91-82)53-35-29-23-17-18-24-30-36-53)80-58(81(57)106-70)49-69(105-80)86(10,14-2)65-43-41-62(101-65)83(5,6)60-51-89-71(76-74(60)93-99-95-76)54-37-31-25-19-20-26-32-38-54/h41-55,73-74,76,78,92-93,95,97-99H,13-40H2,1-12H3,(H,94,96,100). The fraction of sp³-hybridized carbons (Fsp3) is 0.602. The van der Waals surface area contributed by atoms with Gasteiger partial charge in [-0.05, 0) is 163 Å². The molecule has 1 aromatic carbocycles. The van der Waals surface area contributed by atoms with E-state index < -0.39 is 0 Å². The number of H-pyrrole nitrogens is 1. The number of benzene rings is 1. The largest absolute Gasteiger partial charge is 0.264 e. The van der Waals surface area contributed by atoms with Gasteiger partial charge in [0.2, 0.25) is 0 Å². The van der Waals surface area contributed by atoms with E-state index in [1.165, 1.54) is 256 Å². The van der Waals surface area contributed by atoms with Crippen molar-refractivity contribution in [1.29, 1.82) is 0 Å². The highest BCUT2D eigenvalue weighted by molar-refractivity contribution is 7.27. The average molecular weight is 1540 g/mol. The Hall–Kier alpha value is -4.67. The molecular formula is C88H118N12S6. The third kappa shape index (κ3) is 13.3. The molecule has 0 radical (unpaired) electrons. The van der Waals surface area contributed by atoms with Crippen molar-refractivity contribution in [2.24, 2.45) is 21.8 Å². The molecule has 5 fully saturated rings. The summed E-state index contributed by atoms with van der Waals surface area (Å²) in [5.41, 5.74) is 29.8. The van der Waals surface area contributed by atoms with Gasteiger partial charge in [0.25, 0.3) is 0 Å². The van der Waals surface area contributed by atoms with Crippen molar-refractivity contribution in [3.63, 3.8) is 0 Å². The fourth-order valence-electron chi connectivity index (χ4n) is 19.6. The van der Waals surface area contributed by atoms with Crippen LogP contribution in [0.15, 0.2) is 94.3 Å². The van der Waals surface area contributed by atoms with Gasteiger partial charge in [0.1, 0.15) is 11.0 Å². The lowest BCUT2D eigenvalue weighted by molar-refractivity contribution is 0.435. The molecule has 18 heteroatoms. The smallest absolute Gasteiger partial charge is 0.135 e. The number of aromatic amines is 1. The third-order valence-corrected chi connectivity index (χ3v) is 37.2. The zero-order valence-corrected chi connectivity index (χ0v) is 70.4. The van der Waals surface area contributed by atoms with Gasteiger partial charge < -0.3 is 0 Å². The van der Waals surface area contributed by atoms with Crippen LogP contribution in [0.5, 0.6) is 0 Å². The lowest BCUT2D eigenvalue weighted by Crippen LogP contribution is -2.52. The van der Waals surface area contributed by atoms with Crippen molar-refractivity contribution >= 4 is 121 Å². The number of fused-ring (bicyclic) bond motifs is 9. The lowest BCUT2D eigenvalue weighted by atomic mass is 9.72. The summed E-state index contributed by atoms with van der Waals surface area (Å²) in [6, 6.07) is 23.3. The number of hydrogen-bond acceptors (Lipinski definition) is 17. The monoisotopic (exact) mass is 1530 g/mol. The van der Waals surface area contributed by atoms with Crippen molar-refractivity contribution in [3.05, 3.63) is 139 Å². The molecule has 2 saturated heterocycles. The zero-order chi connectivity index (χ0) is 73.3. The number of nitrogens with one attached hydrogen (secondary N) is 7. The van der Waals surface area contributed by atoms with Crippen LogP contribution in [0.2, 0.25) is 0 Å². The van der Waals surface area contributed by atoms with E-state index in [4.69, 9.17) is 25.2 Å². The highest BCUT2D eigenvalue weighted by Crippen LogP contribution is 2.57. The molecule has 4 aliphatic heterocycles. The molecule has 9 aromatic rings. The fourth-order valence-corrected chi connectivity index (χ4v) is 28.3. The van der Waals surface area contributed by atoms with E-state index >= 15 is 0 Å². The number of rotatable bonds is 19. The van der Waals surface area contributed by atoms with Crippen molar-refractivity contribution < 1.29 is 0 Å². The first-order valence-corrected chi connectivity index (χ1v) is 46.3. The number of pyridine rings is 1. The van der Waals surface area contributed by atoms with E-state index in [0.717, 1.165) is 42.4 Å². The molecule has 16 rings (SSSR count). The maximum atomic E-state index is 5.56. The van der Waals surface area contributed by atoms with Crippen LogP contribution in [0.25, 0.3) is 41.3 Å². The van der Waals surface area contributed by atoms with Crippen LogP contribution in [0.3, 0.4) is 0 Å². The Morgan fingerprint density at radius 1 is 0.377 bits per heavy atom. The molecule has 0 spiro atoms. The predicted molar refractivity (Wildman–Crippen MR) is 456 cm³/mol. The van der Waals surface area contributed by atoms with E-state index in [1.807, 2.05) is 45.3 Å². The average Bonchev–Trinajstić information content (AvgIpc) is 1.55. The Bertz CT molecular complexity index is 4740. The van der Waals surface area contributed by atoms with Gasteiger partial charge in [-0.2, -0.15) is 26.5 Å². The Balaban J connectivity index is 0.775. The second-order valence-corrected chi connectivity index (χ2v) is 41.2. The van der Waals surface area contributed by atoms with Crippen LogP contribution in [-0.2, 0) is 32.5 Å². The molecule has 7 aliphatic rings. The maximum Gasteiger partial charge on any atom is 0.135 e. The number of nitrogens with zero attached hydrogens (tertiary/aromatic N) is 5. The molecule has 12 heterocycles. The molecule has 566 valence electrons. The van der Waals surface area contributed by atoms with Crippen LogP contribution in [0.1, 0.15) is 324 Å². The maximum absolute atomic E-state index is 5.56. The van der Waals surface area contributed by atoms with Gasteiger partial charge in [-0.25, -0.2) is 21.7 Å². The summed E-state index contributed by atoms with van der Waals surface area (Å²) < 4.78 is 4.25. The molecule has 3 aliphatic carbocycles. The number of aromatic nitrogens is 4. The van der Waals surface area contributed by atoms with Crippen LogP contribution in [0, 0.1) is 11.8 Å². The first kappa shape index (κ1) is 75.4. The number of hydrogen-bond donors (Lipinski definition) is 7. The first-order valence-electron chi connectivity index (χ1n) is 41.4. The summed E-state index contributed by atoms with van der Waals surface area (Å²) in [6.07, 6.45) is 41.9. The van der Waals surface area contributed by atoms with Crippen LogP contribution >= 0.6 is 68.0 Å². The van der Waals surface area contributed by atoms with Gasteiger partial charge in [-0.15, -0.1) is 68.0 Å². The number of thiophene rings is 6. The van der Waals surface area contributed by atoms with Gasteiger partial charge in [-0.1, -0.05) is 178 Å². The van der Waals surface area contributed by atoms with Gasteiger partial charge in [0.15, 0.2) is 0 Å². The summed E-state index contributed by atoms with van der Waals surface area (Å²) in [5, 5.41) is 17.2. The lowest BCUT2D eigenvalue weighted by Gasteiger charge is -2.38. The van der Waals surface area contributed by atoms with Crippen LogP contribution < -0.4 is 32.8 Å². The van der Waals surface area contributed by atoms with Gasteiger partial charge in [0.05, 0.1) is 29.9 Å². The second-order valence-electron chi connectivity index (χ2n) is 34.8. The molecular weight excluding hydrogens is 1420 g/mol. The molecule has 3 saturated carbocycles. The summed E-state index contributed by atoms with van der Waals surface area (Å²) in [4.78, 5) is 29.1. The molecule has 8 atom stereocenters. The molecule has 8 unspecified atom stereocenters. The van der Waals surface area contributed by atoms with Crippen molar-refractivity contribution in [2.75, 3.05) is 0 Å². The number of hydrazine groups is 4. The quantitative estimate of drug-likeness (QED) is 0.0420. The first-order chi connectivity index (χ1) is 51.4. The Morgan fingerprint density at radius 2 is 0.792 bits per heavy atom. The van der Waals surface area contributed by atoms with E-state index in [2.05, 4.69) is 217 Å². The molecule has 7 N–H and O–H groups in total. The van der Waals surface area contributed by atoms with Crippen molar-refractivity contribution in [1.82, 2.24) is 53.2 Å². The minimum absolute atomic E-state index is 0.0865. The molecule has 106 heavy (non-hydrogen) atoms. The van der Waals surface area contributed by atoms with Crippen LogP contribution in [0.4, 0.5) is 0 Å². The minimum Gasteiger partial charge on any atom is -0.264 e. The minimum atomic E-state index is -0.306. The van der Waals surface area contributed by atoms with E-state index in [1.54, 1.807) is 0 Å². The van der Waals surface area contributed by atoms with Crippen molar-refractivity contribution in [2.45, 2.75) is 325 Å². The summed E-state index contributed by atoms with van der Waals surface area (Å²) >= 11 is 12.2. The Kier molecular flexibility index (Phi) is 21.9.